The number of thioether (sulfide) groups is 1. The summed E-state index contributed by atoms with van der Waals surface area (Å²) in [7, 11) is -3.24. The Bertz CT molecular complexity index is 1500. The van der Waals surface area contributed by atoms with Crippen molar-refractivity contribution in [1.29, 1.82) is 0 Å². The number of nitrogens with zero attached hydrogens (tertiary/aromatic N) is 1. The number of hydrogen-bond acceptors (Lipinski definition) is 7. The lowest BCUT2D eigenvalue weighted by Crippen LogP contribution is -2.41. The smallest absolute Gasteiger partial charge is 0.326 e. The maximum Gasteiger partial charge on any atom is 0.326 e. The first-order chi connectivity index (χ1) is 20.1. The van der Waals surface area contributed by atoms with Crippen LogP contribution in [0.5, 0.6) is 5.75 Å². The number of nitrogens with one attached hydrogen (secondary N) is 1. The van der Waals surface area contributed by atoms with E-state index in [1.54, 1.807) is 6.07 Å². The molecule has 4 rings (SSSR count). The van der Waals surface area contributed by atoms with E-state index in [1.165, 1.54) is 18.0 Å². The second-order valence-electron chi connectivity index (χ2n) is 10.7. The van der Waals surface area contributed by atoms with Gasteiger partial charge in [0.05, 0.1) is 5.25 Å². The number of hydrogen-bond donors (Lipinski definition) is 2. The second kappa shape index (κ2) is 14.2. The molecule has 1 amide bonds. The number of carboxylic acid groups (broad SMARTS) is 1. The van der Waals surface area contributed by atoms with Gasteiger partial charge in [-0.25, -0.2) is 13.2 Å². The highest BCUT2D eigenvalue weighted by Crippen LogP contribution is 2.31. The molecule has 0 aliphatic carbocycles. The van der Waals surface area contributed by atoms with E-state index in [4.69, 9.17) is 4.74 Å². The summed E-state index contributed by atoms with van der Waals surface area (Å²) in [5, 5.41) is 11.9. The second-order valence-corrected chi connectivity index (χ2v) is 14.0. The summed E-state index contributed by atoms with van der Waals surface area (Å²) in [6.07, 6.45) is 3.97. The van der Waals surface area contributed by atoms with Crippen molar-refractivity contribution in [1.82, 2.24) is 10.2 Å². The van der Waals surface area contributed by atoms with E-state index in [0.717, 1.165) is 22.4 Å². The number of amides is 1. The molecular formula is C32H38N2O6S2. The number of rotatable bonds is 13. The van der Waals surface area contributed by atoms with E-state index in [2.05, 4.69) is 10.2 Å². The molecule has 3 aromatic carbocycles. The van der Waals surface area contributed by atoms with Crippen LogP contribution in [-0.2, 0) is 21.2 Å². The molecule has 0 spiro atoms. The molecule has 1 fully saturated rings. The lowest BCUT2D eigenvalue weighted by Gasteiger charge is -2.25. The van der Waals surface area contributed by atoms with E-state index in [9.17, 15) is 23.1 Å². The van der Waals surface area contributed by atoms with Gasteiger partial charge < -0.3 is 15.2 Å². The van der Waals surface area contributed by atoms with Gasteiger partial charge in [0.15, 0.2) is 9.84 Å². The van der Waals surface area contributed by atoms with E-state index in [-0.39, 0.29) is 6.04 Å². The number of benzene rings is 3. The number of ether oxygens (including phenoxy) is 1. The number of carbonyl (C=O) groups excluding carboxylic acids is 1. The lowest BCUT2D eigenvalue weighted by molar-refractivity contribution is -0.139. The highest BCUT2D eigenvalue weighted by Gasteiger charge is 2.38. The lowest BCUT2D eigenvalue weighted by atomic mass is 9.93. The van der Waals surface area contributed by atoms with Gasteiger partial charge in [-0.15, -0.1) is 0 Å². The molecule has 1 heterocycles. The van der Waals surface area contributed by atoms with E-state index in [1.807, 2.05) is 79.9 Å². The van der Waals surface area contributed by atoms with Crippen molar-refractivity contribution in [2.45, 2.75) is 43.6 Å². The van der Waals surface area contributed by atoms with Crippen LogP contribution >= 0.6 is 11.8 Å². The van der Waals surface area contributed by atoms with Crippen molar-refractivity contribution >= 4 is 33.5 Å². The summed E-state index contributed by atoms with van der Waals surface area (Å²) < 4.78 is 31.0. The molecule has 1 aliphatic rings. The van der Waals surface area contributed by atoms with Crippen LogP contribution in [0.3, 0.4) is 0 Å². The average Bonchev–Trinajstić information content (AvgIpc) is 3.38. The normalized spacial score (nSPS) is 18.0. The monoisotopic (exact) mass is 610 g/mol. The Kier molecular flexibility index (Phi) is 10.7. The highest BCUT2D eigenvalue weighted by molar-refractivity contribution is 7.98. The third kappa shape index (κ3) is 8.14. The number of carboxylic acids is 1. The maximum atomic E-state index is 13.4. The summed E-state index contributed by atoms with van der Waals surface area (Å²) in [4.78, 5) is 27.4. The summed E-state index contributed by atoms with van der Waals surface area (Å²) in [5.74, 6) is -0.166. The Labute approximate surface area is 252 Å². The van der Waals surface area contributed by atoms with E-state index < -0.39 is 33.0 Å². The van der Waals surface area contributed by atoms with Gasteiger partial charge in [0.25, 0.3) is 5.91 Å². The van der Waals surface area contributed by atoms with Gasteiger partial charge in [0, 0.05) is 31.0 Å². The van der Waals surface area contributed by atoms with Gasteiger partial charge in [0.1, 0.15) is 18.4 Å². The minimum Gasteiger partial charge on any atom is -0.492 e. The zero-order chi connectivity index (χ0) is 30.3. The van der Waals surface area contributed by atoms with Crippen molar-refractivity contribution in [2.75, 3.05) is 31.4 Å². The Morgan fingerprint density at radius 2 is 1.79 bits per heavy atom. The van der Waals surface area contributed by atoms with Crippen molar-refractivity contribution < 1.29 is 27.9 Å². The Hall–Kier alpha value is -3.34. The topological polar surface area (TPSA) is 113 Å². The standard InChI is InChI=1S/C32H38N2O6S2/c1-22-9-7-8-12-27(22)29-17-23(13-14-28(29)31(35)33-30(32(36)37)15-16-41-2)19-34-20-26(42(3,38)39)18-24(34)21-40-25-10-5-4-6-11-25/h4-14,17,24,26,30H,15-16,18-21H2,1-3H3,(H,33,35)(H,36,37)/t24-,26-,30-/m0/s1. The number of sulfone groups is 1. The minimum atomic E-state index is -3.24. The summed E-state index contributed by atoms with van der Waals surface area (Å²) in [6.45, 7) is 3.19. The molecule has 1 saturated heterocycles. The van der Waals surface area contributed by atoms with E-state index >= 15 is 0 Å². The summed E-state index contributed by atoms with van der Waals surface area (Å²) in [6, 6.07) is 21.7. The fraction of sp³-hybridized carbons (Fsp3) is 0.375. The van der Waals surface area contributed by atoms with Gasteiger partial charge in [0.2, 0.25) is 0 Å². The molecule has 2 N–H and O–H groups in total. The van der Waals surface area contributed by atoms with E-state index in [0.29, 0.717) is 49.4 Å². The minimum absolute atomic E-state index is 0.109. The quantitative estimate of drug-likeness (QED) is 0.287. The van der Waals surface area contributed by atoms with Crippen LogP contribution in [0.25, 0.3) is 11.1 Å². The van der Waals surface area contributed by atoms with Crippen molar-refractivity contribution in [3.05, 3.63) is 89.5 Å². The van der Waals surface area contributed by atoms with Crippen LogP contribution in [0.15, 0.2) is 72.8 Å². The molecule has 10 heteroatoms. The predicted molar refractivity (Wildman–Crippen MR) is 168 cm³/mol. The maximum absolute atomic E-state index is 13.4. The molecule has 8 nitrogen and oxygen atoms in total. The molecule has 0 aromatic heterocycles. The molecule has 42 heavy (non-hydrogen) atoms. The Morgan fingerprint density at radius 3 is 2.45 bits per heavy atom. The molecule has 3 atom stereocenters. The molecule has 0 unspecified atom stereocenters. The van der Waals surface area contributed by atoms with Crippen molar-refractivity contribution in [3.63, 3.8) is 0 Å². The Balaban J connectivity index is 1.63. The van der Waals surface area contributed by atoms with Gasteiger partial charge in [-0.3, -0.25) is 9.69 Å². The first-order valence-corrected chi connectivity index (χ1v) is 17.2. The van der Waals surface area contributed by atoms with Crippen LogP contribution in [0, 0.1) is 6.92 Å². The summed E-state index contributed by atoms with van der Waals surface area (Å²) >= 11 is 1.53. The fourth-order valence-corrected chi connectivity index (χ4v) is 6.78. The first kappa shape index (κ1) is 31.6. The molecule has 0 saturated carbocycles. The molecule has 224 valence electrons. The molecule has 0 radical (unpaired) electrons. The van der Waals surface area contributed by atoms with Gasteiger partial charge in [-0.2, -0.15) is 11.8 Å². The Morgan fingerprint density at radius 1 is 1.07 bits per heavy atom. The fourth-order valence-electron chi connectivity index (χ4n) is 5.27. The average molecular weight is 611 g/mol. The van der Waals surface area contributed by atoms with Crippen LogP contribution in [-0.4, -0.2) is 79.1 Å². The zero-order valence-electron chi connectivity index (χ0n) is 24.2. The van der Waals surface area contributed by atoms with Crippen molar-refractivity contribution in [2.24, 2.45) is 0 Å². The number of likely N-dealkylation sites (tertiary alicyclic amines) is 1. The molecule has 1 aliphatic heterocycles. The third-order valence-electron chi connectivity index (χ3n) is 7.64. The highest BCUT2D eigenvalue weighted by atomic mass is 32.2. The number of para-hydroxylation sites is 1. The van der Waals surface area contributed by atoms with Crippen molar-refractivity contribution in [3.8, 4) is 16.9 Å². The van der Waals surface area contributed by atoms with Crippen LogP contribution in [0.4, 0.5) is 0 Å². The van der Waals surface area contributed by atoms with Crippen LogP contribution in [0.1, 0.15) is 34.3 Å². The van der Waals surface area contributed by atoms with Gasteiger partial charge in [-0.05, 0) is 78.3 Å². The molecular weight excluding hydrogens is 572 g/mol. The van der Waals surface area contributed by atoms with Crippen LogP contribution < -0.4 is 10.1 Å². The number of carbonyl (C=O) groups is 2. The predicted octanol–water partition coefficient (Wildman–Crippen LogP) is 4.66. The van der Waals surface area contributed by atoms with Gasteiger partial charge >= 0.3 is 5.97 Å². The van der Waals surface area contributed by atoms with Crippen LogP contribution in [0.2, 0.25) is 0 Å². The first-order valence-electron chi connectivity index (χ1n) is 13.9. The SMILES string of the molecule is CSCC[C@H](NC(=O)c1ccc(CN2C[C@@H](S(C)(=O)=O)C[C@H]2COc2ccccc2)cc1-c1ccccc1C)C(=O)O. The molecule has 0 bridgehead atoms. The number of aryl methyl sites for hydroxylation is 1. The number of aliphatic carboxylic acids is 1. The molecule has 3 aromatic rings. The van der Waals surface area contributed by atoms with Gasteiger partial charge in [-0.1, -0.05) is 48.5 Å². The largest absolute Gasteiger partial charge is 0.492 e. The third-order valence-corrected chi connectivity index (χ3v) is 9.84. The summed E-state index contributed by atoms with van der Waals surface area (Å²) in [5.41, 5.74) is 3.87. The zero-order valence-corrected chi connectivity index (χ0v) is 25.8.